The molecule has 26 heavy (non-hydrogen) atoms. The van der Waals surface area contributed by atoms with Gasteiger partial charge in [0.05, 0.1) is 6.07 Å². The summed E-state index contributed by atoms with van der Waals surface area (Å²) < 4.78 is 18.9. The fourth-order valence-corrected chi connectivity index (χ4v) is 3.15. The molecule has 0 spiro atoms. The van der Waals surface area contributed by atoms with E-state index in [1.165, 1.54) is 24.3 Å². The van der Waals surface area contributed by atoms with Crippen LogP contribution in [0.25, 0.3) is 11.5 Å². The van der Waals surface area contributed by atoms with Gasteiger partial charge in [-0.3, -0.25) is 4.79 Å². The van der Waals surface area contributed by atoms with Crippen molar-refractivity contribution in [2.24, 2.45) is 0 Å². The molecule has 2 aromatic rings. The first-order valence-electron chi connectivity index (χ1n) is 8.57. The van der Waals surface area contributed by atoms with Gasteiger partial charge in [0.15, 0.2) is 0 Å². The summed E-state index contributed by atoms with van der Waals surface area (Å²) in [5.41, 5.74) is -0.458. The molecule has 0 bridgehead atoms. The van der Waals surface area contributed by atoms with Crippen molar-refractivity contribution in [2.75, 3.05) is 0 Å². The van der Waals surface area contributed by atoms with Gasteiger partial charge in [0.2, 0.25) is 11.8 Å². The molecule has 8 heteroatoms. The van der Waals surface area contributed by atoms with E-state index in [9.17, 15) is 19.2 Å². The van der Waals surface area contributed by atoms with Gasteiger partial charge < -0.3 is 9.73 Å². The normalized spacial score (nSPS) is 16.5. The zero-order valence-electron chi connectivity index (χ0n) is 14.2. The van der Waals surface area contributed by atoms with Crippen molar-refractivity contribution in [3.05, 3.63) is 40.6 Å². The van der Waals surface area contributed by atoms with Gasteiger partial charge in [-0.2, -0.15) is 9.94 Å². The Hall–Kier alpha value is -2.95. The third kappa shape index (κ3) is 3.99. The summed E-state index contributed by atoms with van der Waals surface area (Å²) in [6.45, 7) is -0.340. The Labute approximate surface area is 149 Å². The molecule has 0 unspecified atom stereocenters. The number of hydrogen-bond donors (Lipinski definition) is 1. The monoisotopic (exact) mass is 358 g/mol. The summed E-state index contributed by atoms with van der Waals surface area (Å²) >= 11 is 0. The molecule has 1 amide bonds. The molecular weight excluding hydrogens is 339 g/mol. The largest absolute Gasteiger partial charge is 0.437 e. The lowest BCUT2D eigenvalue weighted by atomic mass is 9.92. The topological polar surface area (TPSA) is 101 Å². The van der Waals surface area contributed by atoms with Crippen LogP contribution >= 0.6 is 0 Å². The number of benzene rings is 1. The van der Waals surface area contributed by atoms with E-state index >= 15 is 0 Å². The van der Waals surface area contributed by atoms with E-state index in [-0.39, 0.29) is 12.4 Å². The van der Waals surface area contributed by atoms with Crippen molar-refractivity contribution in [1.29, 1.82) is 5.26 Å². The summed E-state index contributed by atoms with van der Waals surface area (Å²) in [7, 11) is 0. The van der Waals surface area contributed by atoms with Crippen LogP contribution in [0, 0.1) is 17.1 Å². The number of halogens is 1. The Balaban J connectivity index is 1.72. The highest BCUT2D eigenvalue weighted by Gasteiger charge is 2.32. The molecule has 1 fully saturated rings. The maximum Gasteiger partial charge on any atom is 0.437 e. The van der Waals surface area contributed by atoms with Gasteiger partial charge in [0.1, 0.15) is 17.9 Å². The number of nitrogens with zero attached hydrogens (tertiary/aromatic N) is 3. The highest BCUT2D eigenvalue weighted by molar-refractivity contribution is 5.77. The zero-order chi connectivity index (χ0) is 18.6. The quantitative estimate of drug-likeness (QED) is 0.846. The van der Waals surface area contributed by atoms with Crippen LogP contribution in [-0.4, -0.2) is 21.2 Å². The molecular formula is C18H19FN4O3. The highest BCUT2D eigenvalue weighted by Crippen LogP contribution is 2.26. The van der Waals surface area contributed by atoms with Crippen LogP contribution in [0.4, 0.5) is 4.39 Å². The highest BCUT2D eigenvalue weighted by atomic mass is 19.1. The summed E-state index contributed by atoms with van der Waals surface area (Å²) in [4.78, 5) is 24.3. The first-order valence-corrected chi connectivity index (χ1v) is 8.57. The van der Waals surface area contributed by atoms with Crippen molar-refractivity contribution >= 4 is 5.91 Å². The first kappa shape index (κ1) is 17.9. The number of rotatable bonds is 4. The second-order valence-electron chi connectivity index (χ2n) is 6.49. The summed E-state index contributed by atoms with van der Waals surface area (Å²) in [5, 5.41) is 16.3. The third-order valence-corrected chi connectivity index (χ3v) is 4.54. The van der Waals surface area contributed by atoms with Gasteiger partial charge in [-0.15, -0.1) is 5.10 Å². The molecule has 0 aliphatic heterocycles. The number of hydrogen-bond acceptors (Lipinski definition) is 5. The number of amides is 1. The lowest BCUT2D eigenvalue weighted by Crippen LogP contribution is -2.48. The van der Waals surface area contributed by atoms with E-state index in [2.05, 4.69) is 16.5 Å². The van der Waals surface area contributed by atoms with Crippen LogP contribution in [0.2, 0.25) is 0 Å². The summed E-state index contributed by atoms with van der Waals surface area (Å²) in [6, 6.07) is 7.54. The van der Waals surface area contributed by atoms with Gasteiger partial charge in [-0.25, -0.2) is 9.18 Å². The Bertz CT molecular complexity index is 871. The Morgan fingerprint density at radius 3 is 2.54 bits per heavy atom. The van der Waals surface area contributed by atoms with Gasteiger partial charge in [-0.05, 0) is 37.1 Å². The van der Waals surface area contributed by atoms with Gasteiger partial charge in [0.25, 0.3) is 0 Å². The van der Waals surface area contributed by atoms with E-state index in [0.717, 1.165) is 30.4 Å². The zero-order valence-corrected chi connectivity index (χ0v) is 14.2. The first-order chi connectivity index (χ1) is 12.5. The van der Waals surface area contributed by atoms with Gasteiger partial charge in [0, 0.05) is 5.56 Å². The number of carbonyl (C=O) groups excluding carboxylic acids is 1. The van der Waals surface area contributed by atoms with E-state index in [0.29, 0.717) is 18.4 Å². The van der Waals surface area contributed by atoms with E-state index in [1.807, 2.05) is 0 Å². The average Bonchev–Trinajstić information content (AvgIpc) is 2.83. The smallest absolute Gasteiger partial charge is 0.388 e. The third-order valence-electron chi connectivity index (χ3n) is 4.54. The summed E-state index contributed by atoms with van der Waals surface area (Å²) in [6.07, 6.45) is 5.05. The SMILES string of the molecule is N#CC1(NC(=O)Cn2nc(-c3ccc(F)cc3)oc2=O)CCCCCC1. The predicted molar refractivity (Wildman–Crippen MR) is 90.3 cm³/mol. The molecule has 0 saturated heterocycles. The molecule has 0 radical (unpaired) electrons. The fraction of sp³-hybridized carbons (Fsp3) is 0.444. The van der Waals surface area contributed by atoms with Crippen LogP contribution in [-0.2, 0) is 11.3 Å². The lowest BCUT2D eigenvalue weighted by molar-refractivity contribution is -0.123. The Kier molecular flexibility index (Phi) is 5.16. The van der Waals surface area contributed by atoms with Crippen molar-refractivity contribution < 1.29 is 13.6 Å². The Morgan fingerprint density at radius 1 is 1.27 bits per heavy atom. The number of nitrogens with one attached hydrogen (secondary N) is 1. The molecule has 1 aliphatic rings. The van der Waals surface area contributed by atoms with Crippen LogP contribution in [0.1, 0.15) is 38.5 Å². The predicted octanol–water partition coefficient (Wildman–Crippen LogP) is 2.38. The molecule has 1 aromatic heterocycles. The summed E-state index contributed by atoms with van der Waals surface area (Å²) in [5.74, 6) is -1.66. The van der Waals surface area contributed by atoms with Crippen molar-refractivity contribution in [1.82, 2.24) is 15.1 Å². The Morgan fingerprint density at radius 2 is 1.92 bits per heavy atom. The number of carbonyl (C=O) groups is 1. The standard InChI is InChI=1S/C18H19FN4O3/c19-14-7-5-13(6-8-14)16-22-23(17(25)26-16)11-15(24)21-18(12-20)9-3-1-2-4-10-18/h5-8H,1-4,9-11H2,(H,21,24). The minimum Gasteiger partial charge on any atom is -0.388 e. The number of aromatic nitrogens is 2. The minimum absolute atomic E-state index is 0.00672. The minimum atomic E-state index is -0.888. The van der Waals surface area contributed by atoms with E-state index in [1.54, 1.807) is 0 Å². The molecule has 1 heterocycles. The molecule has 3 rings (SSSR count). The molecule has 1 aromatic carbocycles. The molecule has 1 N–H and O–H groups in total. The average molecular weight is 358 g/mol. The lowest BCUT2D eigenvalue weighted by Gasteiger charge is -2.26. The van der Waals surface area contributed by atoms with E-state index < -0.39 is 23.0 Å². The van der Waals surface area contributed by atoms with Crippen molar-refractivity contribution in [3.63, 3.8) is 0 Å². The van der Waals surface area contributed by atoms with Crippen LogP contribution < -0.4 is 11.1 Å². The molecule has 1 aliphatic carbocycles. The maximum atomic E-state index is 13.0. The molecule has 7 nitrogen and oxygen atoms in total. The second kappa shape index (κ2) is 7.52. The molecule has 0 atom stereocenters. The van der Waals surface area contributed by atoms with Gasteiger partial charge >= 0.3 is 5.76 Å². The van der Waals surface area contributed by atoms with Crippen LogP contribution in [0.3, 0.4) is 0 Å². The second-order valence-corrected chi connectivity index (χ2v) is 6.49. The van der Waals surface area contributed by atoms with Crippen molar-refractivity contribution in [2.45, 2.75) is 50.6 Å². The fourth-order valence-electron chi connectivity index (χ4n) is 3.15. The van der Waals surface area contributed by atoms with E-state index in [4.69, 9.17) is 4.42 Å². The van der Waals surface area contributed by atoms with Crippen LogP contribution in [0.5, 0.6) is 0 Å². The van der Waals surface area contributed by atoms with Gasteiger partial charge in [-0.1, -0.05) is 25.7 Å². The van der Waals surface area contributed by atoms with Crippen molar-refractivity contribution in [3.8, 4) is 17.5 Å². The number of nitriles is 1. The van der Waals surface area contributed by atoms with Crippen LogP contribution in [0.15, 0.2) is 33.5 Å². The maximum absolute atomic E-state index is 13.0. The molecule has 1 saturated carbocycles. The molecule has 136 valence electrons.